The molecule has 0 amide bonds. The molecule has 1 heteroatoms. The van der Waals surface area contributed by atoms with Crippen LogP contribution in [0.1, 0.15) is 54.9 Å². The molecule has 0 aliphatic rings. The molecule has 0 saturated carbocycles. The minimum atomic E-state index is 0.694. The fourth-order valence-electron chi connectivity index (χ4n) is 1.42. The molecule has 0 rings (SSSR count). The monoisotopic (exact) mass is 173 g/mol. The van der Waals surface area contributed by atoms with E-state index in [-0.39, 0.29) is 0 Å². The van der Waals surface area contributed by atoms with Crippen LogP contribution in [0.4, 0.5) is 0 Å². The van der Waals surface area contributed by atoms with E-state index in [0.29, 0.717) is 6.04 Å². The SMILES string of the molecule is CC.CC[C@H](C)N(CC)C(C)C. The Morgan fingerprint density at radius 2 is 1.42 bits per heavy atom. The van der Waals surface area contributed by atoms with E-state index < -0.39 is 0 Å². The number of hydrogen-bond acceptors (Lipinski definition) is 1. The van der Waals surface area contributed by atoms with E-state index in [1.54, 1.807) is 0 Å². The van der Waals surface area contributed by atoms with Crippen LogP contribution in [0.15, 0.2) is 0 Å². The Balaban J connectivity index is 0. The van der Waals surface area contributed by atoms with Crippen LogP contribution in [-0.2, 0) is 0 Å². The summed E-state index contributed by atoms with van der Waals surface area (Å²) in [5, 5.41) is 0. The highest BCUT2D eigenvalue weighted by Crippen LogP contribution is 2.06. The summed E-state index contributed by atoms with van der Waals surface area (Å²) in [5.41, 5.74) is 0. The fourth-order valence-corrected chi connectivity index (χ4v) is 1.42. The third-order valence-electron chi connectivity index (χ3n) is 2.19. The molecule has 0 aromatic rings. The first-order valence-electron chi connectivity index (χ1n) is 5.39. The maximum Gasteiger partial charge on any atom is 0.00668 e. The lowest BCUT2D eigenvalue weighted by atomic mass is 10.2. The lowest BCUT2D eigenvalue weighted by Crippen LogP contribution is -2.37. The van der Waals surface area contributed by atoms with E-state index in [4.69, 9.17) is 0 Å². The summed E-state index contributed by atoms with van der Waals surface area (Å²) in [6.45, 7) is 16.5. The average Bonchev–Trinajstić information content (AvgIpc) is 2.08. The summed E-state index contributed by atoms with van der Waals surface area (Å²) in [6, 6.07) is 1.44. The second-order valence-corrected chi connectivity index (χ2v) is 3.18. The lowest BCUT2D eigenvalue weighted by Gasteiger charge is -2.30. The first-order valence-corrected chi connectivity index (χ1v) is 5.39. The van der Waals surface area contributed by atoms with Crippen molar-refractivity contribution in [1.82, 2.24) is 4.90 Å². The van der Waals surface area contributed by atoms with Crippen LogP contribution in [0.2, 0.25) is 0 Å². The van der Waals surface area contributed by atoms with Crippen LogP contribution in [0.5, 0.6) is 0 Å². The van der Waals surface area contributed by atoms with Gasteiger partial charge in [-0.3, -0.25) is 4.90 Å². The highest BCUT2D eigenvalue weighted by atomic mass is 15.2. The molecule has 0 N–H and O–H groups in total. The summed E-state index contributed by atoms with van der Waals surface area (Å²) < 4.78 is 0. The molecule has 1 atom stereocenters. The van der Waals surface area contributed by atoms with Crippen molar-refractivity contribution in [1.29, 1.82) is 0 Å². The largest absolute Gasteiger partial charge is 0.299 e. The summed E-state index contributed by atoms with van der Waals surface area (Å²) in [7, 11) is 0. The molecule has 0 aromatic carbocycles. The van der Waals surface area contributed by atoms with Gasteiger partial charge >= 0.3 is 0 Å². The van der Waals surface area contributed by atoms with Crippen LogP contribution in [0.3, 0.4) is 0 Å². The lowest BCUT2D eigenvalue weighted by molar-refractivity contribution is 0.169. The van der Waals surface area contributed by atoms with Crippen molar-refractivity contribution in [2.75, 3.05) is 6.54 Å². The van der Waals surface area contributed by atoms with E-state index in [1.165, 1.54) is 13.0 Å². The van der Waals surface area contributed by atoms with Gasteiger partial charge in [0.05, 0.1) is 0 Å². The van der Waals surface area contributed by atoms with Gasteiger partial charge in [-0.1, -0.05) is 27.7 Å². The normalized spacial score (nSPS) is 12.8. The Kier molecular flexibility index (Phi) is 10.9. The van der Waals surface area contributed by atoms with Gasteiger partial charge in [0, 0.05) is 12.1 Å². The quantitative estimate of drug-likeness (QED) is 0.628. The van der Waals surface area contributed by atoms with Crippen LogP contribution >= 0.6 is 0 Å². The molecule has 0 bridgehead atoms. The van der Waals surface area contributed by atoms with Gasteiger partial charge in [0.1, 0.15) is 0 Å². The Labute approximate surface area is 79.2 Å². The van der Waals surface area contributed by atoms with Gasteiger partial charge in [0.15, 0.2) is 0 Å². The zero-order chi connectivity index (χ0) is 10.1. The van der Waals surface area contributed by atoms with E-state index in [9.17, 15) is 0 Å². The maximum atomic E-state index is 2.51. The van der Waals surface area contributed by atoms with Crippen molar-refractivity contribution >= 4 is 0 Å². The van der Waals surface area contributed by atoms with Crippen molar-refractivity contribution in [2.24, 2.45) is 0 Å². The second-order valence-electron chi connectivity index (χ2n) is 3.18. The molecule has 0 aromatic heterocycles. The predicted molar refractivity (Wildman–Crippen MR) is 58.6 cm³/mol. The highest BCUT2D eigenvalue weighted by Gasteiger charge is 2.11. The summed E-state index contributed by atoms with van der Waals surface area (Å²) in [4.78, 5) is 2.51. The first-order chi connectivity index (χ1) is 5.63. The van der Waals surface area contributed by atoms with Crippen molar-refractivity contribution in [3.63, 3.8) is 0 Å². The van der Waals surface area contributed by atoms with Crippen LogP contribution in [0, 0.1) is 0 Å². The second kappa shape index (κ2) is 9.05. The molecule has 0 aliphatic heterocycles. The molecule has 0 aliphatic carbocycles. The van der Waals surface area contributed by atoms with Crippen molar-refractivity contribution < 1.29 is 0 Å². The Morgan fingerprint density at radius 3 is 1.50 bits per heavy atom. The minimum Gasteiger partial charge on any atom is -0.299 e. The molecular formula is C11H27N. The first kappa shape index (κ1) is 14.5. The molecule has 76 valence electrons. The van der Waals surface area contributed by atoms with Gasteiger partial charge in [-0.05, 0) is 33.7 Å². The van der Waals surface area contributed by atoms with Crippen LogP contribution in [-0.4, -0.2) is 23.5 Å². The smallest absolute Gasteiger partial charge is 0.00668 e. The average molecular weight is 173 g/mol. The van der Waals surface area contributed by atoms with Gasteiger partial charge in [-0.25, -0.2) is 0 Å². The Bertz CT molecular complexity index is 79.1. The Hall–Kier alpha value is -0.0400. The molecular weight excluding hydrogens is 146 g/mol. The van der Waals surface area contributed by atoms with Gasteiger partial charge in [-0.15, -0.1) is 0 Å². The maximum absolute atomic E-state index is 2.51. The van der Waals surface area contributed by atoms with Crippen LogP contribution < -0.4 is 0 Å². The number of hydrogen-bond donors (Lipinski definition) is 0. The van der Waals surface area contributed by atoms with Crippen molar-refractivity contribution in [3.05, 3.63) is 0 Å². The molecule has 1 nitrogen and oxygen atoms in total. The number of rotatable bonds is 4. The molecule has 0 fully saturated rings. The topological polar surface area (TPSA) is 3.24 Å². The van der Waals surface area contributed by atoms with E-state index in [1.807, 2.05) is 13.8 Å². The van der Waals surface area contributed by atoms with Crippen LogP contribution in [0.25, 0.3) is 0 Å². The molecule has 12 heavy (non-hydrogen) atoms. The molecule has 0 heterocycles. The van der Waals surface area contributed by atoms with Gasteiger partial charge in [0.2, 0.25) is 0 Å². The predicted octanol–water partition coefficient (Wildman–Crippen LogP) is 3.54. The summed E-state index contributed by atoms with van der Waals surface area (Å²) in [5.74, 6) is 0. The van der Waals surface area contributed by atoms with E-state index >= 15 is 0 Å². The molecule has 0 saturated heterocycles. The summed E-state index contributed by atoms with van der Waals surface area (Å²) in [6.07, 6.45) is 1.26. The fraction of sp³-hybridized carbons (Fsp3) is 1.00. The molecule has 0 radical (unpaired) electrons. The number of nitrogens with zero attached hydrogens (tertiary/aromatic N) is 1. The third kappa shape index (κ3) is 5.59. The van der Waals surface area contributed by atoms with E-state index in [2.05, 4.69) is 39.5 Å². The zero-order valence-corrected chi connectivity index (χ0v) is 10.0. The standard InChI is InChI=1S/C9H21N.C2H6/c1-6-9(5)10(7-2)8(3)4;1-2/h8-9H,6-7H2,1-5H3;1-2H3/t9-;/m0./s1. The highest BCUT2D eigenvalue weighted by molar-refractivity contribution is 4.67. The minimum absolute atomic E-state index is 0.694. The van der Waals surface area contributed by atoms with Gasteiger partial charge < -0.3 is 0 Å². The molecule has 0 spiro atoms. The van der Waals surface area contributed by atoms with Gasteiger partial charge in [-0.2, -0.15) is 0 Å². The molecule has 0 unspecified atom stereocenters. The Morgan fingerprint density at radius 1 is 1.00 bits per heavy atom. The third-order valence-corrected chi connectivity index (χ3v) is 2.19. The zero-order valence-electron chi connectivity index (χ0n) is 10.0. The van der Waals surface area contributed by atoms with E-state index in [0.717, 1.165) is 6.04 Å². The van der Waals surface area contributed by atoms with Crippen molar-refractivity contribution in [2.45, 2.75) is 67.0 Å². The van der Waals surface area contributed by atoms with Crippen molar-refractivity contribution in [3.8, 4) is 0 Å². The summed E-state index contributed by atoms with van der Waals surface area (Å²) >= 11 is 0. The van der Waals surface area contributed by atoms with Gasteiger partial charge in [0.25, 0.3) is 0 Å².